The maximum atomic E-state index is 13.4. The molecule has 3 aromatic heterocycles. The monoisotopic (exact) mass is 497 g/mol. The molecule has 1 aliphatic heterocycles. The van der Waals surface area contributed by atoms with Gasteiger partial charge in [-0.3, -0.25) is 9.59 Å². The van der Waals surface area contributed by atoms with Crippen LogP contribution < -0.4 is 5.32 Å². The van der Waals surface area contributed by atoms with Crippen LogP contribution in [-0.2, 0) is 0 Å². The summed E-state index contributed by atoms with van der Waals surface area (Å²) in [4.78, 5) is 31.8. The molecule has 0 aliphatic carbocycles. The van der Waals surface area contributed by atoms with Crippen LogP contribution in [0.1, 0.15) is 56.1 Å². The summed E-state index contributed by atoms with van der Waals surface area (Å²) >= 11 is 1.37. The number of carbonyl (C=O) groups is 2. The highest BCUT2D eigenvalue weighted by molar-refractivity contribution is 7.10. The number of rotatable bonds is 4. The Balaban J connectivity index is 1.22. The SMILES string of the molecule is Cc1cc2nnc(C(=O)N3CCC(c4nc(C(=O)Nc5ccc(F)c(F)c5)cs4)CC3)c(C)n2n1. The number of halogens is 2. The standard InChI is InChI=1S/C23H21F2N7O2S/c1-12-9-19-28-29-20(13(2)32(19)30-12)23(34)31-7-5-14(6-8-31)22-27-18(11-35-22)21(33)26-15-3-4-16(24)17(25)10-15/h3-4,9-11,14H,5-8H2,1-2H3,(H,26,33). The second-order valence-electron chi connectivity index (χ2n) is 8.41. The number of nitrogens with one attached hydrogen (secondary N) is 1. The molecule has 4 heterocycles. The molecule has 1 N–H and O–H groups in total. The topological polar surface area (TPSA) is 105 Å². The first-order valence-corrected chi connectivity index (χ1v) is 11.9. The van der Waals surface area contributed by atoms with Crippen molar-refractivity contribution in [2.75, 3.05) is 18.4 Å². The van der Waals surface area contributed by atoms with Crippen molar-refractivity contribution < 1.29 is 18.4 Å². The van der Waals surface area contributed by atoms with Crippen molar-refractivity contribution in [2.45, 2.75) is 32.6 Å². The van der Waals surface area contributed by atoms with E-state index in [4.69, 9.17) is 0 Å². The van der Waals surface area contributed by atoms with E-state index in [0.717, 1.165) is 22.8 Å². The van der Waals surface area contributed by atoms with Gasteiger partial charge in [0.25, 0.3) is 11.8 Å². The van der Waals surface area contributed by atoms with Gasteiger partial charge in [0, 0.05) is 42.2 Å². The number of piperidine rings is 1. The Bertz CT molecular complexity index is 1440. The largest absolute Gasteiger partial charge is 0.337 e. The van der Waals surface area contributed by atoms with E-state index in [-0.39, 0.29) is 28.9 Å². The van der Waals surface area contributed by atoms with E-state index in [1.165, 1.54) is 17.4 Å². The predicted molar refractivity (Wildman–Crippen MR) is 125 cm³/mol. The third-order valence-corrected chi connectivity index (χ3v) is 7.00. The van der Waals surface area contributed by atoms with E-state index in [1.54, 1.807) is 27.8 Å². The summed E-state index contributed by atoms with van der Waals surface area (Å²) in [6.07, 6.45) is 1.39. The van der Waals surface area contributed by atoms with Crippen LogP contribution in [0, 0.1) is 25.5 Å². The van der Waals surface area contributed by atoms with Crippen molar-refractivity contribution in [3.8, 4) is 0 Å². The number of anilines is 1. The molecule has 0 radical (unpaired) electrons. The maximum Gasteiger partial charge on any atom is 0.276 e. The molecule has 12 heteroatoms. The Morgan fingerprint density at radius 3 is 2.60 bits per heavy atom. The van der Waals surface area contributed by atoms with E-state index in [1.807, 2.05) is 6.92 Å². The zero-order valence-corrected chi connectivity index (χ0v) is 19.8. The Labute approximate surface area is 202 Å². The normalized spacial score (nSPS) is 14.5. The molecule has 0 unspecified atom stereocenters. The zero-order chi connectivity index (χ0) is 24.7. The lowest BCUT2D eigenvalue weighted by Gasteiger charge is -2.31. The summed E-state index contributed by atoms with van der Waals surface area (Å²) in [6, 6.07) is 4.96. The Morgan fingerprint density at radius 1 is 1.09 bits per heavy atom. The quantitative estimate of drug-likeness (QED) is 0.461. The van der Waals surface area contributed by atoms with E-state index >= 15 is 0 Å². The Hall–Kier alpha value is -3.80. The summed E-state index contributed by atoms with van der Waals surface area (Å²) in [6.45, 7) is 4.71. The molecule has 0 bridgehead atoms. The summed E-state index contributed by atoms with van der Waals surface area (Å²) in [5.74, 6) is -2.59. The fourth-order valence-corrected chi connectivity index (χ4v) is 5.07. The zero-order valence-electron chi connectivity index (χ0n) is 19.0. The number of thiazole rings is 1. The molecule has 35 heavy (non-hydrogen) atoms. The minimum Gasteiger partial charge on any atom is -0.337 e. The van der Waals surface area contributed by atoms with Gasteiger partial charge in [0.05, 0.1) is 16.4 Å². The number of fused-ring (bicyclic) bond motifs is 1. The molecule has 180 valence electrons. The van der Waals surface area contributed by atoms with Gasteiger partial charge in [-0.05, 0) is 38.8 Å². The molecule has 1 fully saturated rings. The number of aromatic nitrogens is 5. The highest BCUT2D eigenvalue weighted by Crippen LogP contribution is 2.31. The van der Waals surface area contributed by atoms with Gasteiger partial charge < -0.3 is 10.2 Å². The third kappa shape index (κ3) is 4.48. The maximum absolute atomic E-state index is 13.4. The number of aryl methyl sites for hydroxylation is 2. The van der Waals surface area contributed by atoms with Crippen LogP contribution in [0.2, 0.25) is 0 Å². The van der Waals surface area contributed by atoms with Gasteiger partial charge in [0.1, 0.15) is 5.69 Å². The number of amides is 2. The molecular formula is C23H21F2N7O2S. The number of hydrogen-bond donors (Lipinski definition) is 1. The van der Waals surface area contributed by atoms with E-state index in [9.17, 15) is 18.4 Å². The lowest BCUT2D eigenvalue weighted by Crippen LogP contribution is -2.39. The van der Waals surface area contributed by atoms with Crippen LogP contribution in [0.25, 0.3) is 5.65 Å². The van der Waals surface area contributed by atoms with E-state index in [2.05, 4.69) is 25.6 Å². The molecule has 1 saturated heterocycles. The van der Waals surface area contributed by atoms with Gasteiger partial charge in [-0.1, -0.05) is 0 Å². The van der Waals surface area contributed by atoms with Gasteiger partial charge >= 0.3 is 0 Å². The van der Waals surface area contributed by atoms with Crippen molar-refractivity contribution >= 4 is 34.5 Å². The molecule has 0 atom stereocenters. The van der Waals surface area contributed by atoms with Crippen LogP contribution in [-0.4, -0.2) is 54.6 Å². The van der Waals surface area contributed by atoms with E-state index < -0.39 is 17.5 Å². The second kappa shape index (κ2) is 9.10. The van der Waals surface area contributed by atoms with Crippen LogP contribution in [0.15, 0.2) is 29.6 Å². The number of carbonyl (C=O) groups excluding carboxylic acids is 2. The Morgan fingerprint density at radius 2 is 1.86 bits per heavy atom. The molecule has 9 nitrogen and oxygen atoms in total. The summed E-state index contributed by atoms with van der Waals surface area (Å²) in [7, 11) is 0. The molecule has 0 saturated carbocycles. The molecule has 0 spiro atoms. The van der Waals surface area contributed by atoms with Gasteiger partial charge in [0.15, 0.2) is 23.0 Å². The van der Waals surface area contributed by atoms with Crippen molar-refractivity contribution in [1.29, 1.82) is 0 Å². The molecular weight excluding hydrogens is 476 g/mol. The van der Waals surface area contributed by atoms with Gasteiger partial charge in [-0.15, -0.1) is 21.5 Å². The van der Waals surface area contributed by atoms with Gasteiger partial charge in [-0.25, -0.2) is 18.3 Å². The smallest absolute Gasteiger partial charge is 0.276 e. The van der Waals surface area contributed by atoms with Gasteiger partial charge in [0.2, 0.25) is 0 Å². The average molecular weight is 498 g/mol. The molecule has 5 rings (SSSR count). The van der Waals surface area contributed by atoms with Crippen LogP contribution in [0.5, 0.6) is 0 Å². The number of likely N-dealkylation sites (tertiary alicyclic amines) is 1. The highest BCUT2D eigenvalue weighted by Gasteiger charge is 2.29. The highest BCUT2D eigenvalue weighted by atomic mass is 32.1. The van der Waals surface area contributed by atoms with Gasteiger partial charge in [-0.2, -0.15) is 5.10 Å². The summed E-state index contributed by atoms with van der Waals surface area (Å²) in [5, 5.41) is 17.6. The molecule has 4 aromatic rings. The van der Waals surface area contributed by atoms with Crippen molar-refractivity contribution in [3.63, 3.8) is 0 Å². The predicted octanol–water partition coefficient (Wildman–Crippen LogP) is 3.75. The lowest BCUT2D eigenvalue weighted by molar-refractivity contribution is 0.0704. The second-order valence-corrected chi connectivity index (χ2v) is 9.30. The van der Waals surface area contributed by atoms with Crippen molar-refractivity contribution in [3.05, 3.63) is 69.1 Å². The van der Waals surface area contributed by atoms with E-state index in [0.29, 0.717) is 37.3 Å². The fraction of sp³-hybridized carbons (Fsp3) is 0.304. The fourth-order valence-electron chi connectivity index (χ4n) is 4.10. The number of hydrogen-bond acceptors (Lipinski definition) is 7. The first kappa shape index (κ1) is 23.0. The average Bonchev–Trinajstić information content (AvgIpc) is 3.49. The number of nitrogens with zero attached hydrogens (tertiary/aromatic N) is 6. The first-order valence-electron chi connectivity index (χ1n) is 11.0. The third-order valence-electron chi connectivity index (χ3n) is 5.99. The molecule has 1 aromatic carbocycles. The van der Waals surface area contributed by atoms with Crippen LogP contribution >= 0.6 is 11.3 Å². The minimum atomic E-state index is -1.04. The summed E-state index contributed by atoms with van der Waals surface area (Å²) in [5.41, 5.74) is 2.69. The van der Waals surface area contributed by atoms with Crippen molar-refractivity contribution in [1.82, 2.24) is 29.7 Å². The first-order chi connectivity index (χ1) is 16.8. The Kier molecular flexibility index (Phi) is 5.97. The minimum absolute atomic E-state index is 0.109. The number of benzene rings is 1. The molecule has 2 amide bonds. The van der Waals surface area contributed by atoms with Crippen LogP contribution in [0.3, 0.4) is 0 Å². The van der Waals surface area contributed by atoms with Crippen LogP contribution in [0.4, 0.5) is 14.5 Å². The molecule has 1 aliphatic rings. The summed E-state index contributed by atoms with van der Waals surface area (Å²) < 4.78 is 28.1. The van der Waals surface area contributed by atoms with Crippen molar-refractivity contribution in [2.24, 2.45) is 0 Å². The lowest BCUT2D eigenvalue weighted by atomic mass is 9.97.